The van der Waals surface area contributed by atoms with E-state index in [1.54, 1.807) is 39.0 Å². The van der Waals surface area contributed by atoms with Crippen molar-refractivity contribution in [1.82, 2.24) is 24.7 Å². The van der Waals surface area contributed by atoms with Gasteiger partial charge in [0.05, 0.1) is 23.6 Å². The summed E-state index contributed by atoms with van der Waals surface area (Å²) in [5, 5.41) is 12.9. The van der Waals surface area contributed by atoms with Gasteiger partial charge in [-0.25, -0.2) is 23.7 Å². The van der Waals surface area contributed by atoms with E-state index in [0.717, 1.165) is 6.07 Å². The van der Waals surface area contributed by atoms with Crippen LogP contribution in [0.15, 0.2) is 36.8 Å². The van der Waals surface area contributed by atoms with Gasteiger partial charge in [0.25, 0.3) is 11.8 Å². The first-order valence-corrected chi connectivity index (χ1v) is 12.6. The minimum atomic E-state index is -1.26. The maximum Gasteiger partial charge on any atom is 0.265 e. The minimum Gasteiger partial charge on any atom is -0.478 e. The Morgan fingerprint density at radius 2 is 1.88 bits per heavy atom. The van der Waals surface area contributed by atoms with Crippen molar-refractivity contribution in [2.24, 2.45) is 0 Å². The fourth-order valence-electron chi connectivity index (χ4n) is 4.48. The summed E-state index contributed by atoms with van der Waals surface area (Å²) < 4.78 is 37.2. The smallest absolute Gasteiger partial charge is 0.265 e. The maximum absolute atomic E-state index is 15.1. The number of aryl methyl sites for hydroxylation is 1. The molecule has 1 aromatic carbocycles. The number of hydrogen-bond acceptors (Lipinski definition) is 7. The van der Waals surface area contributed by atoms with E-state index in [2.05, 4.69) is 20.3 Å². The van der Waals surface area contributed by atoms with Crippen molar-refractivity contribution < 1.29 is 28.2 Å². The molecule has 0 spiro atoms. The van der Waals surface area contributed by atoms with Crippen molar-refractivity contribution in [2.45, 2.75) is 52.8 Å². The number of carbonyl (C=O) groups is 2. The van der Waals surface area contributed by atoms with E-state index in [0.29, 0.717) is 22.6 Å². The van der Waals surface area contributed by atoms with E-state index in [-0.39, 0.29) is 47.6 Å². The van der Waals surface area contributed by atoms with Crippen LogP contribution in [0.2, 0.25) is 0 Å². The van der Waals surface area contributed by atoms with Crippen molar-refractivity contribution in [1.29, 1.82) is 0 Å². The average molecular weight is 551 g/mol. The molecular formula is C28H28F2N6O4. The summed E-state index contributed by atoms with van der Waals surface area (Å²) in [6.45, 7) is 7.95. The van der Waals surface area contributed by atoms with Crippen molar-refractivity contribution in [3.63, 3.8) is 0 Å². The SMILES string of the molecule is Cc1nc2cc(F)c(-c3cnc(C(C)(C)O)nc3)cn2c1CN1C(=O)COc2c(F)cc(C(=O)NC(C)C)cc21. The second kappa shape index (κ2) is 9.94. The summed E-state index contributed by atoms with van der Waals surface area (Å²) in [5.74, 6) is -2.20. The van der Waals surface area contributed by atoms with Gasteiger partial charge < -0.3 is 19.6 Å². The second-order valence-electron chi connectivity index (χ2n) is 10.5. The number of fused-ring (bicyclic) bond motifs is 2. The van der Waals surface area contributed by atoms with Crippen molar-refractivity contribution in [2.75, 3.05) is 11.5 Å². The Balaban J connectivity index is 1.57. The van der Waals surface area contributed by atoms with E-state index in [9.17, 15) is 19.1 Å². The lowest BCUT2D eigenvalue weighted by atomic mass is 10.1. The lowest BCUT2D eigenvalue weighted by Gasteiger charge is -2.30. The zero-order chi connectivity index (χ0) is 28.9. The molecule has 4 heterocycles. The Labute approximate surface area is 228 Å². The van der Waals surface area contributed by atoms with Crippen LogP contribution in [0.1, 0.15) is 55.3 Å². The molecule has 4 aromatic rings. The van der Waals surface area contributed by atoms with Gasteiger partial charge in [0, 0.05) is 47.4 Å². The lowest BCUT2D eigenvalue weighted by Crippen LogP contribution is -2.39. The number of rotatable bonds is 6. The van der Waals surface area contributed by atoms with Crippen LogP contribution in [-0.2, 0) is 16.9 Å². The lowest BCUT2D eigenvalue weighted by molar-refractivity contribution is -0.121. The van der Waals surface area contributed by atoms with Crippen LogP contribution in [0.3, 0.4) is 0 Å². The van der Waals surface area contributed by atoms with E-state index in [1.165, 1.54) is 35.6 Å². The number of benzene rings is 1. The molecule has 0 atom stereocenters. The van der Waals surface area contributed by atoms with Crippen LogP contribution >= 0.6 is 0 Å². The quantitative estimate of drug-likeness (QED) is 0.376. The van der Waals surface area contributed by atoms with Crippen molar-refractivity contribution in [3.05, 3.63) is 71.2 Å². The summed E-state index contributed by atoms with van der Waals surface area (Å²) in [4.78, 5) is 39.7. The molecule has 0 radical (unpaired) electrons. The molecule has 1 aliphatic rings. The number of anilines is 1. The highest BCUT2D eigenvalue weighted by molar-refractivity contribution is 6.01. The van der Waals surface area contributed by atoms with Crippen LogP contribution in [-0.4, -0.2) is 48.9 Å². The van der Waals surface area contributed by atoms with Crippen LogP contribution < -0.4 is 15.0 Å². The highest BCUT2D eigenvalue weighted by Gasteiger charge is 2.31. The van der Waals surface area contributed by atoms with Crippen LogP contribution in [0.25, 0.3) is 16.8 Å². The number of nitrogens with one attached hydrogen (secondary N) is 1. The van der Waals surface area contributed by atoms with Gasteiger partial charge in [-0.05, 0) is 46.8 Å². The number of pyridine rings is 1. The molecule has 40 heavy (non-hydrogen) atoms. The number of nitrogens with zero attached hydrogens (tertiary/aromatic N) is 5. The number of aliphatic hydroxyl groups is 1. The molecule has 12 heteroatoms. The van der Waals surface area contributed by atoms with Crippen molar-refractivity contribution in [3.8, 4) is 16.9 Å². The molecular weight excluding hydrogens is 522 g/mol. The molecule has 0 bridgehead atoms. The summed E-state index contributed by atoms with van der Waals surface area (Å²) in [7, 11) is 0. The second-order valence-corrected chi connectivity index (χ2v) is 10.5. The predicted molar refractivity (Wildman–Crippen MR) is 142 cm³/mol. The molecule has 10 nitrogen and oxygen atoms in total. The van der Waals surface area contributed by atoms with Gasteiger partial charge >= 0.3 is 0 Å². The van der Waals surface area contributed by atoms with E-state index >= 15 is 4.39 Å². The molecule has 2 N–H and O–H groups in total. The van der Waals surface area contributed by atoms with Crippen LogP contribution in [0, 0.1) is 18.6 Å². The van der Waals surface area contributed by atoms with E-state index in [4.69, 9.17) is 4.74 Å². The van der Waals surface area contributed by atoms with E-state index < -0.39 is 29.0 Å². The van der Waals surface area contributed by atoms with Crippen LogP contribution in [0.4, 0.5) is 14.5 Å². The Kier molecular flexibility index (Phi) is 6.74. The van der Waals surface area contributed by atoms with E-state index in [1.807, 2.05) is 0 Å². The number of ether oxygens (including phenoxy) is 1. The topological polar surface area (TPSA) is 122 Å². The van der Waals surface area contributed by atoms with Gasteiger partial charge in [-0.1, -0.05) is 0 Å². The molecule has 1 aliphatic heterocycles. The zero-order valence-electron chi connectivity index (χ0n) is 22.6. The highest BCUT2D eigenvalue weighted by Crippen LogP contribution is 2.37. The van der Waals surface area contributed by atoms with Crippen molar-refractivity contribution >= 4 is 23.1 Å². The first-order chi connectivity index (χ1) is 18.8. The number of carbonyl (C=O) groups excluding carboxylic acids is 2. The molecule has 2 amide bonds. The fourth-order valence-corrected chi connectivity index (χ4v) is 4.48. The Bertz CT molecular complexity index is 1640. The molecule has 0 saturated heterocycles. The minimum absolute atomic E-state index is 0.0435. The monoisotopic (exact) mass is 550 g/mol. The standard InChI is InChI=1S/C28H28F2N6O4/c1-14(2)33-26(38)16-6-20(30)25-21(7-16)36(24(37)13-40-25)12-22-15(3)34-23-8-19(29)18(11-35(22)23)17-9-31-27(32-10-17)28(4,5)39/h6-11,14,39H,12-13H2,1-5H3,(H,33,38). The number of imidazole rings is 1. The molecule has 0 unspecified atom stereocenters. The van der Waals surface area contributed by atoms with Gasteiger partial charge in [0.1, 0.15) is 17.1 Å². The molecule has 0 aliphatic carbocycles. The number of hydrogen-bond donors (Lipinski definition) is 2. The first kappa shape index (κ1) is 27.1. The third kappa shape index (κ3) is 4.97. The maximum atomic E-state index is 15.1. The summed E-state index contributed by atoms with van der Waals surface area (Å²) in [6.07, 6.45) is 4.37. The number of aromatic nitrogens is 4. The molecule has 208 valence electrons. The third-order valence-electron chi connectivity index (χ3n) is 6.46. The first-order valence-electron chi connectivity index (χ1n) is 12.6. The summed E-state index contributed by atoms with van der Waals surface area (Å²) >= 11 is 0. The molecule has 0 fully saturated rings. The predicted octanol–water partition coefficient (Wildman–Crippen LogP) is 3.67. The molecule has 3 aromatic heterocycles. The summed E-state index contributed by atoms with van der Waals surface area (Å²) in [5.41, 5.74) is 0.829. The molecule has 5 rings (SSSR count). The van der Waals surface area contributed by atoms with Gasteiger partial charge in [0.15, 0.2) is 24.0 Å². The summed E-state index contributed by atoms with van der Waals surface area (Å²) in [6, 6.07) is 3.58. The number of amides is 2. The Morgan fingerprint density at radius 1 is 1.18 bits per heavy atom. The third-order valence-corrected chi connectivity index (χ3v) is 6.46. The Hall–Kier alpha value is -4.45. The van der Waals surface area contributed by atoms with Gasteiger partial charge in [-0.2, -0.15) is 0 Å². The number of halogens is 2. The Morgan fingerprint density at radius 3 is 2.52 bits per heavy atom. The average Bonchev–Trinajstić information content (AvgIpc) is 3.17. The van der Waals surface area contributed by atoms with Gasteiger partial charge in [-0.3, -0.25) is 14.5 Å². The normalized spacial score (nSPS) is 13.5. The largest absolute Gasteiger partial charge is 0.478 e. The zero-order valence-corrected chi connectivity index (χ0v) is 22.6. The van der Waals surface area contributed by atoms with Crippen LogP contribution in [0.5, 0.6) is 5.75 Å². The molecule has 0 saturated carbocycles. The fraction of sp³-hybridized carbons (Fsp3) is 0.321. The highest BCUT2D eigenvalue weighted by atomic mass is 19.1. The van der Waals surface area contributed by atoms with Gasteiger partial charge in [0.2, 0.25) is 0 Å². The van der Waals surface area contributed by atoms with Gasteiger partial charge in [-0.15, -0.1) is 0 Å².